The van der Waals surface area contributed by atoms with Crippen molar-refractivity contribution in [2.75, 3.05) is 39.5 Å². The first-order valence-corrected chi connectivity index (χ1v) is 6.84. The van der Waals surface area contributed by atoms with Gasteiger partial charge < -0.3 is 10.6 Å². The predicted octanol–water partition coefficient (Wildman–Crippen LogP) is 1.95. The molecular formula is C14H24N4O2. The van der Waals surface area contributed by atoms with Crippen molar-refractivity contribution in [2.45, 2.75) is 19.9 Å². The molecule has 0 saturated heterocycles. The molecule has 0 amide bonds. The van der Waals surface area contributed by atoms with Gasteiger partial charge in [0.25, 0.3) is 5.69 Å². The van der Waals surface area contributed by atoms with Gasteiger partial charge in [-0.15, -0.1) is 0 Å². The SMILES string of the molecule is CCN(CCCN(C)C)Cc1ccc(N)c([N+](=O)[O-])c1. The molecule has 2 N–H and O–H groups in total. The summed E-state index contributed by atoms with van der Waals surface area (Å²) in [6.07, 6.45) is 1.08. The van der Waals surface area contributed by atoms with Gasteiger partial charge in [0.15, 0.2) is 0 Å². The average molecular weight is 280 g/mol. The molecule has 1 aromatic rings. The van der Waals surface area contributed by atoms with Gasteiger partial charge in [-0.05, 0) is 51.8 Å². The Bertz CT molecular complexity index is 449. The van der Waals surface area contributed by atoms with Gasteiger partial charge in [0.1, 0.15) is 5.69 Å². The summed E-state index contributed by atoms with van der Waals surface area (Å²) >= 11 is 0. The molecule has 0 aliphatic carbocycles. The second-order valence-corrected chi connectivity index (χ2v) is 5.18. The molecule has 1 aromatic carbocycles. The van der Waals surface area contributed by atoms with Crippen LogP contribution in [-0.2, 0) is 6.54 Å². The molecule has 0 spiro atoms. The van der Waals surface area contributed by atoms with Crippen molar-refractivity contribution in [2.24, 2.45) is 0 Å². The van der Waals surface area contributed by atoms with E-state index in [0.717, 1.165) is 31.6 Å². The summed E-state index contributed by atoms with van der Waals surface area (Å²) in [6, 6.07) is 5.04. The van der Waals surface area contributed by atoms with Crippen molar-refractivity contribution in [1.29, 1.82) is 0 Å². The van der Waals surface area contributed by atoms with E-state index in [4.69, 9.17) is 5.73 Å². The molecular weight excluding hydrogens is 256 g/mol. The van der Waals surface area contributed by atoms with Crippen LogP contribution in [0.25, 0.3) is 0 Å². The zero-order valence-electron chi connectivity index (χ0n) is 12.5. The zero-order valence-corrected chi connectivity index (χ0v) is 12.5. The van der Waals surface area contributed by atoms with E-state index >= 15 is 0 Å². The van der Waals surface area contributed by atoms with Crippen LogP contribution in [0.2, 0.25) is 0 Å². The summed E-state index contributed by atoms with van der Waals surface area (Å²) in [5.41, 5.74) is 6.74. The Morgan fingerprint density at radius 2 is 2.00 bits per heavy atom. The van der Waals surface area contributed by atoms with E-state index in [9.17, 15) is 10.1 Å². The fourth-order valence-corrected chi connectivity index (χ4v) is 2.06. The number of nitro groups is 1. The summed E-state index contributed by atoms with van der Waals surface area (Å²) in [5, 5.41) is 10.9. The summed E-state index contributed by atoms with van der Waals surface area (Å²) in [5.74, 6) is 0. The quantitative estimate of drug-likeness (QED) is 0.447. The van der Waals surface area contributed by atoms with E-state index in [0.29, 0.717) is 6.54 Å². The van der Waals surface area contributed by atoms with Crippen LogP contribution in [0.1, 0.15) is 18.9 Å². The Morgan fingerprint density at radius 1 is 1.30 bits per heavy atom. The smallest absolute Gasteiger partial charge is 0.292 e. The third-order valence-electron chi connectivity index (χ3n) is 3.22. The average Bonchev–Trinajstić information content (AvgIpc) is 2.38. The monoisotopic (exact) mass is 280 g/mol. The van der Waals surface area contributed by atoms with Crippen LogP contribution in [0, 0.1) is 10.1 Å². The maximum atomic E-state index is 10.9. The summed E-state index contributed by atoms with van der Waals surface area (Å²) in [6.45, 7) is 5.75. The number of nitrogens with zero attached hydrogens (tertiary/aromatic N) is 3. The molecule has 0 unspecified atom stereocenters. The van der Waals surface area contributed by atoms with E-state index in [2.05, 4.69) is 30.8 Å². The second-order valence-electron chi connectivity index (χ2n) is 5.18. The van der Waals surface area contributed by atoms with Crippen molar-refractivity contribution >= 4 is 11.4 Å². The molecule has 20 heavy (non-hydrogen) atoms. The van der Waals surface area contributed by atoms with Gasteiger partial charge in [-0.2, -0.15) is 0 Å². The fraction of sp³-hybridized carbons (Fsp3) is 0.571. The minimum Gasteiger partial charge on any atom is -0.393 e. The van der Waals surface area contributed by atoms with Crippen LogP contribution in [0.5, 0.6) is 0 Å². The van der Waals surface area contributed by atoms with Gasteiger partial charge in [-0.1, -0.05) is 13.0 Å². The van der Waals surface area contributed by atoms with Crippen LogP contribution >= 0.6 is 0 Å². The molecule has 0 atom stereocenters. The number of hydrogen-bond donors (Lipinski definition) is 1. The van der Waals surface area contributed by atoms with Gasteiger partial charge in [0.05, 0.1) is 4.92 Å². The first-order valence-electron chi connectivity index (χ1n) is 6.84. The van der Waals surface area contributed by atoms with E-state index in [-0.39, 0.29) is 11.4 Å². The molecule has 6 nitrogen and oxygen atoms in total. The molecule has 6 heteroatoms. The minimum absolute atomic E-state index is 0.00755. The Hall–Kier alpha value is -1.66. The van der Waals surface area contributed by atoms with Gasteiger partial charge in [-0.25, -0.2) is 0 Å². The predicted molar refractivity (Wildman–Crippen MR) is 81.6 cm³/mol. The number of hydrogen-bond acceptors (Lipinski definition) is 5. The number of anilines is 1. The molecule has 0 aliphatic heterocycles. The molecule has 0 heterocycles. The third kappa shape index (κ3) is 5.14. The zero-order chi connectivity index (χ0) is 15.1. The van der Waals surface area contributed by atoms with Crippen LogP contribution < -0.4 is 5.73 Å². The summed E-state index contributed by atoms with van der Waals surface area (Å²) in [4.78, 5) is 14.9. The van der Waals surface area contributed by atoms with E-state index in [1.54, 1.807) is 12.1 Å². The van der Waals surface area contributed by atoms with E-state index in [1.165, 1.54) is 0 Å². The Balaban J connectivity index is 2.65. The molecule has 0 radical (unpaired) electrons. The van der Waals surface area contributed by atoms with Crippen molar-refractivity contribution in [3.05, 3.63) is 33.9 Å². The standard InChI is InChI=1S/C14H24N4O2/c1-4-17(9-5-8-16(2)3)11-12-6-7-13(15)14(10-12)18(19)20/h6-7,10H,4-5,8-9,11,15H2,1-3H3. The second kappa shape index (κ2) is 7.81. The Morgan fingerprint density at radius 3 is 2.55 bits per heavy atom. The topological polar surface area (TPSA) is 75.6 Å². The van der Waals surface area contributed by atoms with Gasteiger partial charge in [0.2, 0.25) is 0 Å². The molecule has 0 aromatic heterocycles. The van der Waals surface area contributed by atoms with Crippen LogP contribution in [0.15, 0.2) is 18.2 Å². The number of nitrogen functional groups attached to an aromatic ring is 1. The summed E-state index contributed by atoms with van der Waals surface area (Å²) in [7, 11) is 4.11. The van der Waals surface area contributed by atoms with E-state index < -0.39 is 4.92 Å². The maximum Gasteiger partial charge on any atom is 0.292 e. The Kier molecular flexibility index (Phi) is 6.41. The van der Waals surface area contributed by atoms with Gasteiger partial charge >= 0.3 is 0 Å². The van der Waals surface area contributed by atoms with E-state index in [1.807, 2.05) is 6.07 Å². The molecule has 1 rings (SSSR count). The lowest BCUT2D eigenvalue weighted by molar-refractivity contribution is -0.384. The number of benzene rings is 1. The molecule has 0 aliphatic rings. The first kappa shape index (κ1) is 16.4. The highest BCUT2D eigenvalue weighted by atomic mass is 16.6. The highest BCUT2D eigenvalue weighted by molar-refractivity contribution is 5.59. The minimum atomic E-state index is -0.429. The lowest BCUT2D eigenvalue weighted by Gasteiger charge is -2.21. The van der Waals surface area contributed by atoms with Crippen LogP contribution in [-0.4, -0.2) is 48.5 Å². The van der Waals surface area contributed by atoms with Crippen LogP contribution in [0.4, 0.5) is 11.4 Å². The van der Waals surface area contributed by atoms with Gasteiger partial charge in [0, 0.05) is 12.6 Å². The lowest BCUT2D eigenvalue weighted by atomic mass is 10.1. The fourth-order valence-electron chi connectivity index (χ4n) is 2.06. The number of nitro benzene ring substituents is 1. The maximum absolute atomic E-state index is 10.9. The van der Waals surface area contributed by atoms with Crippen molar-refractivity contribution in [3.63, 3.8) is 0 Å². The van der Waals surface area contributed by atoms with Crippen molar-refractivity contribution < 1.29 is 4.92 Å². The lowest BCUT2D eigenvalue weighted by Crippen LogP contribution is -2.26. The highest BCUT2D eigenvalue weighted by Crippen LogP contribution is 2.23. The number of rotatable bonds is 8. The molecule has 0 fully saturated rings. The number of nitrogens with two attached hydrogens (primary N) is 1. The molecule has 0 bridgehead atoms. The summed E-state index contributed by atoms with van der Waals surface area (Å²) < 4.78 is 0. The largest absolute Gasteiger partial charge is 0.393 e. The molecule has 0 saturated carbocycles. The highest BCUT2D eigenvalue weighted by Gasteiger charge is 2.13. The van der Waals surface area contributed by atoms with Crippen molar-refractivity contribution in [1.82, 2.24) is 9.80 Å². The Labute approximate surface area is 120 Å². The van der Waals surface area contributed by atoms with Gasteiger partial charge in [-0.3, -0.25) is 15.0 Å². The first-order chi connectivity index (χ1) is 9.43. The van der Waals surface area contributed by atoms with Crippen molar-refractivity contribution in [3.8, 4) is 0 Å². The van der Waals surface area contributed by atoms with Crippen LogP contribution in [0.3, 0.4) is 0 Å². The molecule has 112 valence electrons. The normalized spacial score (nSPS) is 11.2. The third-order valence-corrected chi connectivity index (χ3v) is 3.22.